The zero-order valence-corrected chi connectivity index (χ0v) is 43.8. The van der Waals surface area contributed by atoms with Crippen molar-refractivity contribution < 1.29 is 31.5 Å². The summed E-state index contributed by atoms with van der Waals surface area (Å²) in [5.74, 6) is -0.289. The number of hydrogen-bond acceptors (Lipinski definition) is 15. The van der Waals surface area contributed by atoms with E-state index in [-0.39, 0.29) is 40.1 Å². The van der Waals surface area contributed by atoms with Crippen molar-refractivity contribution in [1.29, 1.82) is 0 Å². The number of carbonyl (C=O) groups excluding carboxylic acids is 1. The summed E-state index contributed by atoms with van der Waals surface area (Å²) in [6.07, 6.45) is 8.66. The Morgan fingerprint density at radius 2 is 1.06 bits per heavy atom. The Morgan fingerprint density at radius 1 is 0.625 bits per heavy atom. The summed E-state index contributed by atoms with van der Waals surface area (Å²) in [5, 5.41) is 14.0. The molecule has 0 radical (unpaired) electrons. The number of nitrogen functional groups attached to an aromatic ring is 2. The standard InChI is InChI=1S/C25H24ClN5O3S.C17H13ClN2O4S.C8H13N3.ClH/c1-14-6-23(27)31-15(2)21(14)13-30-25(32)17-4-5-28-20(11-17)8-16-7-18-10-19(26)12-29-24(18)22(9-16)35(3,33)34;1-25(23,24)15-6-10(4-12-7-13(18)9-20-16(12)15)5-14-8-11(17(21)22)2-3-19-14;1-5-3-8(10)11-6(2)7(5)4-9;/h4-7,9-12H,8,13H2,1-3H3,(H2,27,31)(H,30,32);2-4,6-9H,5H2,1H3,(H,21,22);3H,4,9H2,1-2H3,(H2,10,11);1H. The normalized spacial score (nSPS) is 11.2. The maximum atomic E-state index is 12.8. The molecule has 0 bridgehead atoms. The van der Waals surface area contributed by atoms with Gasteiger partial charge in [-0.3, -0.25) is 24.7 Å². The van der Waals surface area contributed by atoms with E-state index in [0.717, 1.165) is 46.2 Å². The largest absolute Gasteiger partial charge is 0.478 e. The summed E-state index contributed by atoms with van der Waals surface area (Å²) in [7, 11) is -7.02. The number of aryl methyl sites for hydroxylation is 4. The van der Waals surface area contributed by atoms with E-state index in [9.17, 15) is 26.4 Å². The van der Waals surface area contributed by atoms with Crippen LogP contribution in [0.3, 0.4) is 0 Å². The lowest BCUT2D eigenvalue weighted by atomic mass is 10.0. The highest BCUT2D eigenvalue weighted by atomic mass is 35.5. The molecule has 0 saturated carbocycles. The number of fused-ring (bicyclic) bond motifs is 2. The second-order valence-corrected chi connectivity index (χ2v) is 21.5. The van der Waals surface area contributed by atoms with Crippen LogP contribution in [0.25, 0.3) is 21.8 Å². The Labute approximate surface area is 432 Å². The fraction of sp³-hybridized carbons (Fsp3) is 0.200. The van der Waals surface area contributed by atoms with Crippen LogP contribution in [-0.2, 0) is 45.6 Å². The van der Waals surface area contributed by atoms with Gasteiger partial charge in [0.15, 0.2) is 19.7 Å². The molecule has 17 nitrogen and oxygen atoms in total. The topological polar surface area (TPSA) is 290 Å². The molecule has 0 atom stereocenters. The van der Waals surface area contributed by atoms with Crippen molar-refractivity contribution in [3.8, 4) is 0 Å². The first-order valence-electron chi connectivity index (χ1n) is 21.5. The van der Waals surface area contributed by atoms with E-state index in [1.807, 2.05) is 39.8 Å². The minimum Gasteiger partial charge on any atom is -0.478 e. The second-order valence-electron chi connectivity index (χ2n) is 16.7. The first kappa shape index (κ1) is 56.0. The Hall–Kier alpha value is -6.87. The molecule has 1 amide bonds. The molecule has 0 saturated heterocycles. The lowest BCUT2D eigenvalue weighted by Gasteiger charge is -2.12. The molecule has 0 aliphatic rings. The van der Waals surface area contributed by atoms with Gasteiger partial charge in [0.2, 0.25) is 0 Å². The Kier molecular flexibility index (Phi) is 18.3. The number of carboxylic acid groups (broad SMARTS) is 1. The number of sulfone groups is 2. The van der Waals surface area contributed by atoms with Crippen molar-refractivity contribution in [2.24, 2.45) is 5.73 Å². The summed E-state index contributed by atoms with van der Waals surface area (Å²) in [4.78, 5) is 49.3. The molecule has 0 aliphatic heterocycles. The Balaban J connectivity index is 0.000000226. The molecule has 0 spiro atoms. The molecule has 0 fully saturated rings. The number of carboxylic acids is 1. The third-order valence-corrected chi connectivity index (χ3v) is 13.7. The van der Waals surface area contributed by atoms with E-state index < -0.39 is 25.6 Å². The Morgan fingerprint density at radius 3 is 1.47 bits per heavy atom. The summed E-state index contributed by atoms with van der Waals surface area (Å²) < 4.78 is 49.0. The van der Waals surface area contributed by atoms with Crippen LogP contribution in [0.2, 0.25) is 10.0 Å². The lowest BCUT2D eigenvalue weighted by molar-refractivity contribution is 0.0696. The molecule has 0 aliphatic carbocycles. The number of carbonyl (C=O) groups is 2. The zero-order chi connectivity index (χ0) is 51.9. The van der Waals surface area contributed by atoms with Crippen molar-refractivity contribution in [2.45, 2.75) is 63.4 Å². The minimum absolute atomic E-state index is 0. The van der Waals surface area contributed by atoms with E-state index in [1.54, 1.807) is 48.7 Å². The average Bonchev–Trinajstić information content (AvgIpc) is 3.27. The SMILES string of the molecule is CS(=O)(=O)c1cc(Cc2cc(C(=O)O)ccn2)cc2cc(Cl)cnc12.Cc1cc(N)nc(C)c1CN.Cc1cc(N)nc(C)c1CNC(=O)c1ccnc(Cc2cc(S(C)(=O)=O)c3ncc(Cl)cc3c2)c1.Cl. The van der Waals surface area contributed by atoms with Crippen molar-refractivity contribution in [2.75, 3.05) is 24.0 Å². The Bertz CT molecular complexity index is 3560. The molecular weight excluding hydrogens is 1020 g/mol. The number of halogens is 3. The third kappa shape index (κ3) is 14.4. The van der Waals surface area contributed by atoms with Crippen LogP contribution in [0.5, 0.6) is 0 Å². The number of pyridine rings is 6. The fourth-order valence-electron chi connectivity index (χ4n) is 7.73. The minimum atomic E-state index is -3.53. The molecule has 376 valence electrons. The number of nitrogens with one attached hydrogen (secondary N) is 1. The van der Waals surface area contributed by atoms with E-state index in [2.05, 4.69) is 35.2 Å². The molecule has 2 aromatic carbocycles. The van der Waals surface area contributed by atoms with Crippen LogP contribution in [0.15, 0.2) is 107 Å². The molecule has 6 aromatic heterocycles. The van der Waals surface area contributed by atoms with E-state index in [0.29, 0.717) is 91.1 Å². The molecule has 6 heterocycles. The van der Waals surface area contributed by atoms with Crippen LogP contribution in [0.1, 0.15) is 76.9 Å². The number of amides is 1. The number of nitrogens with two attached hydrogens (primary N) is 3. The summed E-state index contributed by atoms with van der Waals surface area (Å²) in [6, 6.07) is 19.8. The predicted molar refractivity (Wildman–Crippen MR) is 283 cm³/mol. The molecule has 0 unspecified atom stereocenters. The van der Waals surface area contributed by atoms with Crippen molar-refractivity contribution in [3.63, 3.8) is 0 Å². The average molecular weight is 1070 g/mol. The van der Waals surface area contributed by atoms with Gasteiger partial charge in [0.25, 0.3) is 5.91 Å². The quantitative estimate of drug-likeness (QED) is 0.0821. The summed E-state index contributed by atoms with van der Waals surface area (Å²) in [5.41, 5.74) is 26.4. The van der Waals surface area contributed by atoms with Gasteiger partial charge in [-0.1, -0.05) is 23.2 Å². The third-order valence-electron chi connectivity index (χ3n) is 11.0. The van der Waals surface area contributed by atoms with Gasteiger partial charge < -0.3 is 27.6 Å². The van der Waals surface area contributed by atoms with Gasteiger partial charge in [-0.15, -0.1) is 12.4 Å². The zero-order valence-electron chi connectivity index (χ0n) is 39.9. The predicted octanol–water partition coefficient (Wildman–Crippen LogP) is 7.94. The van der Waals surface area contributed by atoms with Crippen LogP contribution in [0, 0.1) is 27.7 Å². The van der Waals surface area contributed by atoms with Crippen LogP contribution < -0.4 is 22.5 Å². The van der Waals surface area contributed by atoms with Gasteiger partial charge in [-0.25, -0.2) is 31.6 Å². The number of hydrogen-bond donors (Lipinski definition) is 5. The van der Waals surface area contributed by atoms with Crippen LogP contribution >= 0.6 is 35.6 Å². The van der Waals surface area contributed by atoms with Crippen molar-refractivity contribution in [1.82, 2.24) is 35.2 Å². The molecule has 22 heteroatoms. The van der Waals surface area contributed by atoms with E-state index in [4.69, 9.17) is 45.5 Å². The summed E-state index contributed by atoms with van der Waals surface area (Å²) in [6.45, 7) is 8.54. The van der Waals surface area contributed by atoms with Crippen molar-refractivity contribution in [3.05, 3.63) is 175 Å². The molecular formula is C50H51Cl3N10O7S2. The molecule has 8 aromatic rings. The number of aromatic carboxylic acids is 1. The van der Waals surface area contributed by atoms with Gasteiger partial charge in [0.1, 0.15) is 11.6 Å². The first-order chi connectivity index (χ1) is 33.4. The smallest absolute Gasteiger partial charge is 0.335 e. The highest BCUT2D eigenvalue weighted by molar-refractivity contribution is 7.91. The van der Waals surface area contributed by atoms with Gasteiger partial charge in [0.05, 0.1) is 36.4 Å². The maximum Gasteiger partial charge on any atom is 0.335 e. The van der Waals surface area contributed by atoms with E-state index in [1.165, 1.54) is 36.8 Å². The number of rotatable bonds is 11. The van der Waals surface area contributed by atoms with Gasteiger partial charge in [-0.2, -0.15) is 0 Å². The van der Waals surface area contributed by atoms with Crippen molar-refractivity contribution >= 4 is 101 Å². The van der Waals surface area contributed by atoms with Gasteiger partial charge in [0, 0.05) is 102 Å². The first-order valence-corrected chi connectivity index (χ1v) is 26.1. The second kappa shape index (κ2) is 23.6. The van der Waals surface area contributed by atoms with Gasteiger partial charge >= 0.3 is 5.97 Å². The number of aromatic nitrogens is 6. The number of benzene rings is 2. The van der Waals surface area contributed by atoms with Crippen LogP contribution in [0.4, 0.5) is 11.6 Å². The van der Waals surface area contributed by atoms with Crippen LogP contribution in [-0.4, -0.2) is 76.2 Å². The maximum absolute atomic E-state index is 12.8. The highest BCUT2D eigenvalue weighted by Crippen LogP contribution is 2.29. The monoisotopic (exact) mass is 1070 g/mol. The molecule has 8 N–H and O–H groups in total. The molecule has 8 rings (SSSR count). The summed E-state index contributed by atoms with van der Waals surface area (Å²) >= 11 is 12.0. The molecule has 72 heavy (non-hydrogen) atoms. The van der Waals surface area contributed by atoms with Gasteiger partial charge in [-0.05, 0) is 134 Å². The number of anilines is 2. The van der Waals surface area contributed by atoms with E-state index >= 15 is 0 Å². The lowest BCUT2D eigenvalue weighted by Crippen LogP contribution is -2.24. The fourth-order valence-corrected chi connectivity index (χ4v) is 9.84. The number of nitrogens with zero attached hydrogens (tertiary/aromatic N) is 6. The highest BCUT2D eigenvalue weighted by Gasteiger charge is 2.19.